The Labute approximate surface area is 100 Å². The van der Waals surface area contributed by atoms with E-state index < -0.39 is 6.17 Å². The Bertz CT molecular complexity index is 417. The van der Waals surface area contributed by atoms with Gasteiger partial charge in [0.25, 0.3) is 5.91 Å². The minimum atomic E-state index is -0.787. The van der Waals surface area contributed by atoms with Gasteiger partial charge >= 0.3 is 0 Å². The van der Waals surface area contributed by atoms with Gasteiger partial charge in [-0.25, -0.2) is 0 Å². The van der Waals surface area contributed by atoms with Gasteiger partial charge in [-0.2, -0.15) is 0 Å². The predicted octanol–water partition coefficient (Wildman–Crippen LogP) is 1.17. The minimum Gasteiger partial charge on any atom is -0.316 e. The second-order valence-corrected chi connectivity index (χ2v) is 4.23. The van der Waals surface area contributed by atoms with Crippen LogP contribution in [0.5, 0.6) is 0 Å². The zero-order chi connectivity index (χ0) is 12.3. The summed E-state index contributed by atoms with van der Waals surface area (Å²) in [5, 5.41) is 0. The molecule has 4 nitrogen and oxygen atoms in total. The van der Waals surface area contributed by atoms with Gasteiger partial charge in [0.1, 0.15) is 6.17 Å². The maximum absolute atomic E-state index is 12.2. The van der Waals surface area contributed by atoms with Crippen molar-refractivity contribution in [3.8, 4) is 0 Å². The quantitative estimate of drug-likeness (QED) is 0.790. The topological polar surface area (TPSA) is 63.4 Å². The SMILES string of the molecule is NC1C(=O)CCCCN1C(=O)c1ccccc1. The summed E-state index contributed by atoms with van der Waals surface area (Å²) < 4.78 is 0. The molecule has 0 bridgehead atoms. The summed E-state index contributed by atoms with van der Waals surface area (Å²) in [5.74, 6) is -0.208. The lowest BCUT2D eigenvalue weighted by molar-refractivity contribution is -0.122. The van der Waals surface area contributed by atoms with E-state index in [0.717, 1.165) is 12.8 Å². The predicted molar refractivity (Wildman–Crippen MR) is 64.3 cm³/mol. The number of carbonyl (C=O) groups excluding carboxylic acids is 2. The summed E-state index contributed by atoms with van der Waals surface area (Å²) in [6.45, 7) is 0.556. The van der Waals surface area contributed by atoms with Crippen LogP contribution in [0.1, 0.15) is 29.6 Å². The van der Waals surface area contributed by atoms with Crippen LogP contribution in [0.2, 0.25) is 0 Å². The highest BCUT2D eigenvalue weighted by Crippen LogP contribution is 2.14. The summed E-state index contributed by atoms with van der Waals surface area (Å²) in [7, 11) is 0. The molecule has 1 aromatic carbocycles. The molecule has 1 saturated heterocycles. The summed E-state index contributed by atoms with van der Waals surface area (Å²) in [5.41, 5.74) is 6.40. The molecule has 2 rings (SSSR count). The van der Waals surface area contributed by atoms with Crippen molar-refractivity contribution >= 4 is 11.7 Å². The number of ketones is 1. The van der Waals surface area contributed by atoms with Crippen molar-refractivity contribution in [3.05, 3.63) is 35.9 Å². The Hall–Kier alpha value is -1.68. The molecule has 17 heavy (non-hydrogen) atoms. The Kier molecular flexibility index (Phi) is 3.54. The molecule has 0 spiro atoms. The molecule has 2 N–H and O–H groups in total. The molecule has 1 aliphatic rings. The molecule has 90 valence electrons. The number of Topliss-reactive ketones (excluding diaryl/α,β-unsaturated/α-hetero) is 1. The van der Waals surface area contributed by atoms with Crippen LogP contribution in [0.25, 0.3) is 0 Å². The van der Waals surface area contributed by atoms with E-state index in [9.17, 15) is 9.59 Å². The van der Waals surface area contributed by atoms with Crippen LogP contribution in [0, 0.1) is 0 Å². The summed E-state index contributed by atoms with van der Waals surface area (Å²) in [6, 6.07) is 8.94. The third-order valence-corrected chi connectivity index (χ3v) is 3.02. The van der Waals surface area contributed by atoms with Gasteiger partial charge in [0.05, 0.1) is 0 Å². The van der Waals surface area contributed by atoms with E-state index >= 15 is 0 Å². The van der Waals surface area contributed by atoms with Crippen molar-refractivity contribution < 1.29 is 9.59 Å². The molecule has 1 amide bonds. The fourth-order valence-electron chi connectivity index (χ4n) is 2.02. The molecule has 1 atom stereocenters. The number of carbonyl (C=O) groups is 2. The lowest BCUT2D eigenvalue weighted by atomic mass is 10.1. The monoisotopic (exact) mass is 232 g/mol. The van der Waals surface area contributed by atoms with Gasteiger partial charge in [-0.15, -0.1) is 0 Å². The third-order valence-electron chi connectivity index (χ3n) is 3.02. The van der Waals surface area contributed by atoms with E-state index in [-0.39, 0.29) is 11.7 Å². The Morgan fingerprint density at radius 3 is 2.65 bits per heavy atom. The fraction of sp³-hybridized carbons (Fsp3) is 0.385. The first-order chi connectivity index (χ1) is 8.20. The van der Waals surface area contributed by atoms with Crippen LogP contribution in [-0.2, 0) is 4.79 Å². The van der Waals surface area contributed by atoms with Crippen molar-refractivity contribution in [2.24, 2.45) is 5.73 Å². The van der Waals surface area contributed by atoms with Gasteiger partial charge in [0.2, 0.25) is 0 Å². The molecule has 1 fully saturated rings. The standard InChI is InChI=1S/C13H16N2O2/c14-12-11(16)8-4-5-9-15(12)13(17)10-6-2-1-3-7-10/h1-3,6-7,12H,4-5,8-9,14H2. The Balaban J connectivity index is 2.20. The lowest BCUT2D eigenvalue weighted by Crippen LogP contribution is -2.49. The molecular formula is C13H16N2O2. The molecule has 1 heterocycles. The van der Waals surface area contributed by atoms with Gasteiger partial charge in [-0.3, -0.25) is 9.59 Å². The number of hydrogen-bond donors (Lipinski definition) is 1. The zero-order valence-electron chi connectivity index (χ0n) is 9.63. The van der Waals surface area contributed by atoms with Gasteiger partial charge in [0, 0.05) is 18.5 Å². The highest BCUT2D eigenvalue weighted by atomic mass is 16.2. The first-order valence-corrected chi connectivity index (χ1v) is 5.84. The van der Waals surface area contributed by atoms with Crippen molar-refractivity contribution in [2.75, 3.05) is 6.54 Å². The molecule has 0 saturated carbocycles. The number of likely N-dealkylation sites (tertiary alicyclic amines) is 1. The Morgan fingerprint density at radius 2 is 1.94 bits per heavy atom. The van der Waals surface area contributed by atoms with Gasteiger partial charge in [-0.05, 0) is 25.0 Å². The highest BCUT2D eigenvalue weighted by molar-refractivity contribution is 5.97. The summed E-state index contributed by atoms with van der Waals surface area (Å²) in [4.78, 5) is 25.3. The Morgan fingerprint density at radius 1 is 1.24 bits per heavy atom. The molecule has 1 aliphatic heterocycles. The normalized spacial score (nSPS) is 21.1. The number of benzene rings is 1. The molecular weight excluding hydrogens is 216 g/mol. The van der Waals surface area contributed by atoms with E-state index in [1.807, 2.05) is 6.07 Å². The maximum atomic E-state index is 12.2. The number of rotatable bonds is 1. The highest BCUT2D eigenvalue weighted by Gasteiger charge is 2.28. The van der Waals surface area contributed by atoms with Crippen LogP contribution in [0.3, 0.4) is 0 Å². The van der Waals surface area contributed by atoms with Crippen LogP contribution in [-0.4, -0.2) is 29.3 Å². The lowest BCUT2D eigenvalue weighted by Gasteiger charge is -2.25. The molecule has 4 heteroatoms. The first kappa shape index (κ1) is 11.8. The minimum absolute atomic E-state index is 0.0493. The smallest absolute Gasteiger partial charge is 0.255 e. The second kappa shape index (κ2) is 5.10. The van der Waals surface area contributed by atoms with Crippen LogP contribution >= 0.6 is 0 Å². The first-order valence-electron chi connectivity index (χ1n) is 5.84. The van der Waals surface area contributed by atoms with Crippen molar-refractivity contribution in [2.45, 2.75) is 25.4 Å². The molecule has 1 aromatic rings. The van der Waals surface area contributed by atoms with Crippen LogP contribution in [0.15, 0.2) is 30.3 Å². The molecule has 1 unspecified atom stereocenters. The maximum Gasteiger partial charge on any atom is 0.255 e. The average Bonchev–Trinajstić information content (AvgIpc) is 2.53. The number of nitrogens with two attached hydrogens (primary N) is 1. The van der Waals surface area contributed by atoms with Gasteiger partial charge in [-0.1, -0.05) is 18.2 Å². The van der Waals surface area contributed by atoms with E-state index in [1.54, 1.807) is 24.3 Å². The van der Waals surface area contributed by atoms with Crippen molar-refractivity contribution in [3.63, 3.8) is 0 Å². The van der Waals surface area contributed by atoms with Crippen molar-refractivity contribution in [1.29, 1.82) is 0 Å². The van der Waals surface area contributed by atoms with E-state index in [1.165, 1.54) is 4.90 Å². The van der Waals surface area contributed by atoms with Gasteiger partial charge in [0.15, 0.2) is 5.78 Å². The molecule has 0 aromatic heterocycles. The largest absolute Gasteiger partial charge is 0.316 e. The summed E-state index contributed by atoms with van der Waals surface area (Å²) >= 11 is 0. The van der Waals surface area contributed by atoms with E-state index in [0.29, 0.717) is 18.5 Å². The van der Waals surface area contributed by atoms with Crippen LogP contribution < -0.4 is 5.73 Å². The molecule has 0 radical (unpaired) electrons. The number of nitrogens with zero attached hydrogens (tertiary/aromatic N) is 1. The van der Waals surface area contributed by atoms with Gasteiger partial charge < -0.3 is 10.6 Å². The second-order valence-electron chi connectivity index (χ2n) is 4.23. The fourth-order valence-corrected chi connectivity index (χ4v) is 2.02. The van der Waals surface area contributed by atoms with Crippen molar-refractivity contribution in [1.82, 2.24) is 4.90 Å². The van der Waals surface area contributed by atoms with E-state index in [2.05, 4.69) is 0 Å². The van der Waals surface area contributed by atoms with Crippen LogP contribution in [0.4, 0.5) is 0 Å². The number of amides is 1. The number of hydrogen-bond acceptors (Lipinski definition) is 3. The summed E-state index contributed by atoms with van der Waals surface area (Å²) in [6.07, 6.45) is 1.33. The third kappa shape index (κ3) is 2.53. The average molecular weight is 232 g/mol. The van der Waals surface area contributed by atoms with E-state index in [4.69, 9.17) is 5.73 Å². The zero-order valence-corrected chi connectivity index (χ0v) is 9.63. The molecule has 0 aliphatic carbocycles.